The van der Waals surface area contributed by atoms with Crippen molar-refractivity contribution < 1.29 is 4.39 Å². The summed E-state index contributed by atoms with van der Waals surface area (Å²) in [7, 11) is 0. The summed E-state index contributed by atoms with van der Waals surface area (Å²) < 4.78 is 15.9. The normalized spacial score (nSPS) is 33.5. The number of allylic oxidation sites excluding steroid dienone is 4. The number of rotatable bonds is 11. The van der Waals surface area contributed by atoms with Gasteiger partial charge in [-0.05, 0) is 61.0 Å². The van der Waals surface area contributed by atoms with Gasteiger partial charge in [0.2, 0.25) is 0 Å². The number of unbranched alkanes of at least 4 members (excludes halogenated alkanes) is 4. The van der Waals surface area contributed by atoms with Crippen molar-refractivity contribution in [3.8, 4) is 0 Å². The average Bonchev–Trinajstić information content (AvgIpc) is 2.90. The second kappa shape index (κ2) is 13.3. The molecule has 0 aliphatic heterocycles. The van der Waals surface area contributed by atoms with Crippen LogP contribution in [0.1, 0.15) is 128 Å². The average molecular weight is 479 g/mol. The molecule has 2 fully saturated rings. The van der Waals surface area contributed by atoms with Crippen molar-refractivity contribution in [3.63, 3.8) is 0 Å². The highest BCUT2D eigenvalue weighted by molar-refractivity contribution is 5.38. The molecule has 0 bridgehead atoms. The Kier molecular flexibility index (Phi) is 10.1. The fourth-order valence-electron chi connectivity index (χ4n) is 7.77. The van der Waals surface area contributed by atoms with Crippen molar-refractivity contribution in [2.45, 2.75) is 122 Å². The second-order valence-electron chi connectivity index (χ2n) is 12.2. The van der Waals surface area contributed by atoms with Crippen LogP contribution >= 0.6 is 0 Å². The molecule has 0 heterocycles. The first-order chi connectivity index (χ1) is 17.2. The summed E-state index contributed by atoms with van der Waals surface area (Å²) in [6.07, 6.45) is 28.5. The molecule has 0 amide bonds. The van der Waals surface area contributed by atoms with Gasteiger partial charge in [-0.25, -0.2) is 4.39 Å². The van der Waals surface area contributed by atoms with Crippen LogP contribution in [0.4, 0.5) is 4.39 Å². The molecular weight excluding hydrogens is 427 g/mol. The number of benzene rings is 1. The molecule has 0 saturated heterocycles. The summed E-state index contributed by atoms with van der Waals surface area (Å²) in [6.45, 7) is 4.61. The van der Waals surface area contributed by atoms with Gasteiger partial charge >= 0.3 is 0 Å². The molecule has 3 aliphatic carbocycles. The van der Waals surface area contributed by atoms with Gasteiger partial charge in [0.25, 0.3) is 0 Å². The molecule has 0 nitrogen and oxygen atoms in total. The largest absolute Gasteiger partial charge is 0.211 e. The molecule has 1 aromatic rings. The third kappa shape index (κ3) is 6.69. The molecule has 1 aromatic carbocycles. The molecule has 4 rings (SSSR count). The quantitative estimate of drug-likeness (QED) is 0.219. The molecule has 1 atom stereocenters. The zero-order valence-corrected chi connectivity index (χ0v) is 22.7. The zero-order chi connectivity index (χ0) is 24.5. The fraction of sp³-hybridized carbons (Fsp3) is 0.706. The molecule has 0 radical (unpaired) electrons. The van der Waals surface area contributed by atoms with Crippen molar-refractivity contribution in [3.05, 3.63) is 60.0 Å². The maximum Gasteiger partial charge on any atom is 0.108 e. The van der Waals surface area contributed by atoms with E-state index in [1.54, 1.807) is 0 Å². The number of hydrogen-bond acceptors (Lipinski definition) is 0. The lowest BCUT2D eigenvalue weighted by molar-refractivity contribution is 0.0798. The molecule has 35 heavy (non-hydrogen) atoms. The second-order valence-corrected chi connectivity index (χ2v) is 12.2. The molecule has 1 unspecified atom stereocenters. The Balaban J connectivity index is 1.48. The summed E-state index contributed by atoms with van der Waals surface area (Å²) in [5.41, 5.74) is 1.03. The van der Waals surface area contributed by atoms with Crippen molar-refractivity contribution >= 4 is 0 Å². The predicted molar refractivity (Wildman–Crippen MR) is 149 cm³/mol. The molecule has 2 saturated carbocycles. The molecular formula is C34H51F. The van der Waals surface area contributed by atoms with Gasteiger partial charge in [-0.2, -0.15) is 0 Å². The maximum absolute atomic E-state index is 15.9. The molecule has 0 aromatic heterocycles. The van der Waals surface area contributed by atoms with Gasteiger partial charge in [0.15, 0.2) is 0 Å². The van der Waals surface area contributed by atoms with E-state index in [2.05, 4.69) is 44.2 Å². The molecule has 0 N–H and O–H groups in total. The van der Waals surface area contributed by atoms with Crippen LogP contribution in [0.5, 0.6) is 0 Å². The summed E-state index contributed by atoms with van der Waals surface area (Å²) >= 11 is 0. The summed E-state index contributed by atoms with van der Waals surface area (Å²) in [5, 5.41) is 0. The standard InChI is InChI=1S/C34H51F/c1-3-5-8-12-27-16-20-30(21-17-27)34(31-22-18-28(19-23-31)13-9-6-4-2)25-24-32(33(35)26-34)29-14-10-7-11-15-29/h7,10-11,14-15,24-28,30-32H,3-6,8-9,12-13,16-23H2,1-2H3. The van der Waals surface area contributed by atoms with Crippen molar-refractivity contribution in [1.29, 1.82) is 0 Å². The van der Waals surface area contributed by atoms with E-state index in [-0.39, 0.29) is 17.2 Å². The van der Waals surface area contributed by atoms with Gasteiger partial charge in [-0.3, -0.25) is 0 Å². The van der Waals surface area contributed by atoms with E-state index in [0.29, 0.717) is 11.8 Å². The van der Waals surface area contributed by atoms with Gasteiger partial charge in [-0.1, -0.05) is 133 Å². The first-order valence-corrected chi connectivity index (χ1v) is 15.3. The Morgan fingerprint density at radius 3 is 1.69 bits per heavy atom. The lowest BCUT2D eigenvalue weighted by Gasteiger charge is -2.49. The van der Waals surface area contributed by atoms with Gasteiger partial charge in [-0.15, -0.1) is 0 Å². The van der Waals surface area contributed by atoms with E-state index in [1.807, 2.05) is 18.2 Å². The monoisotopic (exact) mass is 478 g/mol. The lowest BCUT2D eigenvalue weighted by atomic mass is 9.55. The highest BCUT2D eigenvalue weighted by Crippen LogP contribution is 2.56. The van der Waals surface area contributed by atoms with Crippen LogP contribution in [-0.2, 0) is 0 Å². The van der Waals surface area contributed by atoms with Gasteiger partial charge < -0.3 is 0 Å². The van der Waals surface area contributed by atoms with Crippen molar-refractivity contribution in [2.75, 3.05) is 0 Å². The van der Waals surface area contributed by atoms with Crippen molar-refractivity contribution in [1.82, 2.24) is 0 Å². The van der Waals surface area contributed by atoms with Crippen LogP contribution in [0, 0.1) is 29.1 Å². The van der Waals surface area contributed by atoms with Crippen LogP contribution in [0.25, 0.3) is 0 Å². The van der Waals surface area contributed by atoms with Gasteiger partial charge in [0, 0.05) is 5.41 Å². The van der Waals surface area contributed by atoms with Crippen molar-refractivity contribution in [2.24, 2.45) is 29.1 Å². The van der Waals surface area contributed by atoms with E-state index < -0.39 is 0 Å². The van der Waals surface area contributed by atoms with E-state index in [4.69, 9.17) is 0 Å². The molecule has 194 valence electrons. The maximum atomic E-state index is 15.9. The van der Waals surface area contributed by atoms with Crippen LogP contribution in [0.3, 0.4) is 0 Å². The van der Waals surface area contributed by atoms with Crippen LogP contribution in [0.15, 0.2) is 54.4 Å². The Morgan fingerprint density at radius 1 is 0.714 bits per heavy atom. The predicted octanol–water partition coefficient (Wildman–Crippen LogP) is 11.0. The third-order valence-corrected chi connectivity index (χ3v) is 9.96. The SMILES string of the molecule is CCCCCC1CCC(C2(C3CCC(CCCCC)CC3)C=CC(c3ccccc3)C(F)=C2)CC1. The van der Waals surface area contributed by atoms with E-state index in [0.717, 1.165) is 17.4 Å². The summed E-state index contributed by atoms with van der Waals surface area (Å²) in [6, 6.07) is 10.3. The topological polar surface area (TPSA) is 0 Å². The molecule has 0 spiro atoms. The van der Waals surface area contributed by atoms with Crippen LogP contribution < -0.4 is 0 Å². The molecule has 1 heteroatoms. The number of halogens is 1. The summed E-state index contributed by atoms with van der Waals surface area (Å²) in [4.78, 5) is 0. The Morgan fingerprint density at radius 2 is 1.23 bits per heavy atom. The smallest absolute Gasteiger partial charge is 0.108 e. The Hall–Kier alpha value is -1.37. The minimum absolute atomic E-state index is 0.0574. The zero-order valence-electron chi connectivity index (χ0n) is 22.7. The first-order valence-electron chi connectivity index (χ1n) is 15.3. The minimum atomic E-state index is -0.194. The Bertz CT molecular complexity index is 759. The fourth-order valence-corrected chi connectivity index (χ4v) is 7.77. The van der Waals surface area contributed by atoms with Crippen LogP contribution in [0.2, 0.25) is 0 Å². The number of hydrogen-bond donors (Lipinski definition) is 0. The lowest BCUT2D eigenvalue weighted by Crippen LogP contribution is -2.40. The first kappa shape index (κ1) is 26.7. The van der Waals surface area contributed by atoms with E-state index >= 15 is 4.39 Å². The van der Waals surface area contributed by atoms with E-state index in [1.165, 1.54) is 103 Å². The highest BCUT2D eigenvalue weighted by atomic mass is 19.1. The van der Waals surface area contributed by atoms with Crippen LogP contribution in [-0.4, -0.2) is 0 Å². The third-order valence-electron chi connectivity index (χ3n) is 9.96. The summed E-state index contributed by atoms with van der Waals surface area (Å²) in [5.74, 6) is 2.95. The minimum Gasteiger partial charge on any atom is -0.211 e. The van der Waals surface area contributed by atoms with Gasteiger partial charge in [0.1, 0.15) is 5.83 Å². The Labute approximate surface area is 215 Å². The van der Waals surface area contributed by atoms with Gasteiger partial charge in [0.05, 0.1) is 5.92 Å². The highest BCUT2D eigenvalue weighted by Gasteiger charge is 2.46. The van der Waals surface area contributed by atoms with E-state index in [9.17, 15) is 0 Å². The molecule has 3 aliphatic rings.